The van der Waals surface area contributed by atoms with Crippen LogP contribution in [0.1, 0.15) is 43.8 Å². The van der Waals surface area contributed by atoms with E-state index in [1.54, 1.807) is 7.05 Å². The number of nitrogens with one attached hydrogen (secondary N) is 1. The minimum atomic E-state index is -3.67. The third-order valence-corrected chi connectivity index (χ3v) is 6.67. The highest BCUT2D eigenvalue weighted by Crippen LogP contribution is 2.54. The molecule has 1 aromatic heterocycles. The number of fused-ring (bicyclic) bond motifs is 2. The number of carboxylic acid groups (broad SMARTS) is 1. The van der Waals surface area contributed by atoms with Gasteiger partial charge in [-0.05, 0) is 49.5 Å². The molecular weight excluding hydrogens is 306 g/mol. The Balaban J connectivity index is 1.77. The molecule has 0 radical (unpaired) electrons. The Morgan fingerprint density at radius 2 is 2.23 bits per heavy atom. The summed E-state index contributed by atoms with van der Waals surface area (Å²) in [7, 11) is -2.07. The molecule has 0 aliphatic heterocycles. The Labute approximate surface area is 129 Å². The number of aliphatic carboxylic acids is 1. The maximum absolute atomic E-state index is 12.5. The van der Waals surface area contributed by atoms with Crippen molar-refractivity contribution in [3.05, 3.63) is 18.0 Å². The Morgan fingerprint density at radius 1 is 1.55 bits per heavy atom. The summed E-state index contributed by atoms with van der Waals surface area (Å²) in [6.07, 6.45) is 6.47. The standard InChI is InChI=1S/C14H21N3O4S/c1-17-11(4-7-15-17)12(13(18)19)16-22(20,21)9-14-5-2-10(8-14)3-6-14/h4,7,10,12,16H,2-3,5-6,8-9H2,1H3,(H,18,19). The molecule has 3 rings (SSSR count). The largest absolute Gasteiger partial charge is 0.480 e. The zero-order chi connectivity index (χ0) is 16.0. The fraction of sp³-hybridized carbons (Fsp3) is 0.714. The average Bonchev–Trinajstić information content (AvgIpc) is 3.10. The summed E-state index contributed by atoms with van der Waals surface area (Å²) in [5, 5.41) is 13.3. The van der Waals surface area contributed by atoms with Crippen molar-refractivity contribution < 1.29 is 18.3 Å². The molecule has 2 N–H and O–H groups in total. The maximum Gasteiger partial charge on any atom is 0.327 e. The highest BCUT2D eigenvalue weighted by atomic mass is 32.2. The summed E-state index contributed by atoms with van der Waals surface area (Å²) >= 11 is 0. The molecule has 1 atom stereocenters. The zero-order valence-corrected chi connectivity index (χ0v) is 13.3. The van der Waals surface area contributed by atoms with Crippen LogP contribution in [-0.2, 0) is 21.9 Å². The molecule has 0 amide bonds. The van der Waals surface area contributed by atoms with Crippen LogP contribution in [0.2, 0.25) is 0 Å². The molecule has 2 aliphatic rings. The first kappa shape index (κ1) is 15.5. The van der Waals surface area contributed by atoms with Crippen LogP contribution in [0.15, 0.2) is 12.3 Å². The lowest BCUT2D eigenvalue weighted by molar-refractivity contribution is -0.139. The normalized spacial score (nSPS) is 28.9. The van der Waals surface area contributed by atoms with Gasteiger partial charge in [-0.15, -0.1) is 0 Å². The second kappa shape index (κ2) is 5.34. The summed E-state index contributed by atoms with van der Waals surface area (Å²) in [4.78, 5) is 11.5. The molecular formula is C14H21N3O4S. The number of aryl methyl sites for hydroxylation is 1. The zero-order valence-electron chi connectivity index (χ0n) is 12.5. The van der Waals surface area contributed by atoms with Gasteiger partial charge in [0.1, 0.15) is 0 Å². The number of nitrogens with zero attached hydrogens (tertiary/aromatic N) is 2. The number of aromatic nitrogens is 2. The van der Waals surface area contributed by atoms with E-state index >= 15 is 0 Å². The van der Waals surface area contributed by atoms with E-state index in [1.165, 1.54) is 16.9 Å². The average molecular weight is 327 g/mol. The van der Waals surface area contributed by atoms with Gasteiger partial charge in [-0.3, -0.25) is 9.48 Å². The number of rotatable bonds is 6. The maximum atomic E-state index is 12.5. The lowest BCUT2D eigenvalue weighted by Crippen LogP contribution is -2.40. The summed E-state index contributed by atoms with van der Waals surface area (Å²) < 4.78 is 28.7. The molecule has 7 nitrogen and oxygen atoms in total. The molecule has 2 bridgehead atoms. The SMILES string of the molecule is Cn1nccc1C(NS(=O)(=O)CC12CCC(CC1)C2)C(=O)O. The molecule has 0 saturated heterocycles. The van der Waals surface area contributed by atoms with Gasteiger partial charge in [-0.1, -0.05) is 0 Å². The van der Waals surface area contributed by atoms with Gasteiger partial charge in [-0.25, -0.2) is 8.42 Å². The van der Waals surface area contributed by atoms with Crippen molar-refractivity contribution in [2.24, 2.45) is 18.4 Å². The van der Waals surface area contributed by atoms with Crippen molar-refractivity contribution in [2.45, 2.75) is 38.1 Å². The van der Waals surface area contributed by atoms with Gasteiger partial charge in [0.25, 0.3) is 0 Å². The van der Waals surface area contributed by atoms with Gasteiger partial charge in [0.15, 0.2) is 6.04 Å². The Kier molecular flexibility index (Phi) is 3.76. The van der Waals surface area contributed by atoms with E-state index in [0.717, 1.165) is 32.1 Å². The summed E-state index contributed by atoms with van der Waals surface area (Å²) in [6.45, 7) is 0. The van der Waals surface area contributed by atoms with E-state index in [9.17, 15) is 18.3 Å². The first-order valence-electron chi connectivity index (χ1n) is 7.51. The monoisotopic (exact) mass is 327 g/mol. The predicted molar refractivity (Wildman–Crippen MR) is 79.5 cm³/mol. The van der Waals surface area contributed by atoms with E-state index in [2.05, 4.69) is 9.82 Å². The van der Waals surface area contributed by atoms with Crippen LogP contribution in [0.3, 0.4) is 0 Å². The third kappa shape index (κ3) is 2.89. The molecule has 0 spiro atoms. The van der Waals surface area contributed by atoms with Crippen LogP contribution >= 0.6 is 0 Å². The Hall–Kier alpha value is -1.41. The smallest absolute Gasteiger partial charge is 0.327 e. The summed E-state index contributed by atoms with van der Waals surface area (Å²) in [5.74, 6) is -0.541. The van der Waals surface area contributed by atoms with E-state index in [1.807, 2.05) is 0 Å². The van der Waals surface area contributed by atoms with Crippen molar-refractivity contribution in [1.29, 1.82) is 0 Å². The van der Waals surface area contributed by atoms with Crippen LogP contribution in [-0.4, -0.2) is 35.0 Å². The van der Waals surface area contributed by atoms with E-state index in [4.69, 9.17) is 0 Å². The number of sulfonamides is 1. The fourth-order valence-corrected chi connectivity index (χ4v) is 5.92. The summed E-state index contributed by atoms with van der Waals surface area (Å²) in [6, 6.07) is 0.216. The quantitative estimate of drug-likeness (QED) is 0.813. The predicted octanol–water partition coefficient (Wildman–Crippen LogP) is 1.05. The third-order valence-electron chi connectivity index (χ3n) is 5.08. The van der Waals surface area contributed by atoms with Crippen LogP contribution < -0.4 is 4.72 Å². The van der Waals surface area contributed by atoms with E-state index in [-0.39, 0.29) is 11.2 Å². The minimum Gasteiger partial charge on any atom is -0.480 e. The Morgan fingerprint density at radius 3 is 2.68 bits per heavy atom. The highest BCUT2D eigenvalue weighted by Gasteiger charge is 2.47. The van der Waals surface area contributed by atoms with Crippen molar-refractivity contribution in [1.82, 2.24) is 14.5 Å². The van der Waals surface area contributed by atoms with Crippen molar-refractivity contribution >= 4 is 16.0 Å². The van der Waals surface area contributed by atoms with E-state index < -0.39 is 22.0 Å². The van der Waals surface area contributed by atoms with Crippen molar-refractivity contribution in [3.63, 3.8) is 0 Å². The van der Waals surface area contributed by atoms with Gasteiger partial charge in [0, 0.05) is 13.2 Å². The van der Waals surface area contributed by atoms with Gasteiger partial charge in [-0.2, -0.15) is 9.82 Å². The van der Waals surface area contributed by atoms with Crippen molar-refractivity contribution in [3.8, 4) is 0 Å². The molecule has 0 aromatic carbocycles. The number of carbonyl (C=O) groups is 1. The second-order valence-corrected chi connectivity index (χ2v) is 8.43. The highest BCUT2D eigenvalue weighted by molar-refractivity contribution is 7.89. The van der Waals surface area contributed by atoms with E-state index in [0.29, 0.717) is 11.6 Å². The van der Waals surface area contributed by atoms with Gasteiger partial charge in [0.2, 0.25) is 10.0 Å². The number of hydrogen-bond acceptors (Lipinski definition) is 4. The minimum absolute atomic E-state index is 0.0259. The van der Waals surface area contributed by atoms with Crippen LogP contribution in [0.25, 0.3) is 0 Å². The molecule has 2 fully saturated rings. The number of hydrogen-bond donors (Lipinski definition) is 2. The topological polar surface area (TPSA) is 101 Å². The molecule has 1 aromatic rings. The molecule has 22 heavy (non-hydrogen) atoms. The van der Waals surface area contributed by atoms with Gasteiger partial charge in [0.05, 0.1) is 11.4 Å². The first-order chi connectivity index (χ1) is 10.3. The van der Waals surface area contributed by atoms with Crippen LogP contribution in [0.4, 0.5) is 0 Å². The fourth-order valence-electron chi connectivity index (χ4n) is 4.04. The molecule has 2 aliphatic carbocycles. The molecule has 2 saturated carbocycles. The lowest BCUT2D eigenvalue weighted by Gasteiger charge is -2.27. The lowest BCUT2D eigenvalue weighted by atomic mass is 9.87. The van der Waals surface area contributed by atoms with Crippen LogP contribution in [0, 0.1) is 11.3 Å². The van der Waals surface area contributed by atoms with Gasteiger partial charge < -0.3 is 5.11 Å². The van der Waals surface area contributed by atoms with Gasteiger partial charge >= 0.3 is 5.97 Å². The Bertz CT molecular complexity index is 674. The molecule has 1 unspecified atom stereocenters. The molecule has 122 valence electrons. The summed E-state index contributed by atoms with van der Waals surface area (Å²) in [5.41, 5.74) is 0.177. The second-order valence-electron chi connectivity index (χ2n) is 6.68. The van der Waals surface area contributed by atoms with Crippen molar-refractivity contribution in [2.75, 3.05) is 5.75 Å². The first-order valence-corrected chi connectivity index (χ1v) is 9.16. The number of carboxylic acids is 1. The molecule has 8 heteroatoms. The van der Waals surface area contributed by atoms with Crippen LogP contribution in [0.5, 0.6) is 0 Å². The molecule has 1 heterocycles.